The summed E-state index contributed by atoms with van der Waals surface area (Å²) in [6.07, 6.45) is 4.42. The van der Waals surface area contributed by atoms with Crippen LogP contribution < -0.4 is 11.1 Å². The average molecular weight is 199 g/mol. The molecule has 0 saturated carbocycles. The summed E-state index contributed by atoms with van der Waals surface area (Å²) >= 11 is 0. The molecule has 14 heavy (non-hydrogen) atoms. The van der Waals surface area contributed by atoms with Crippen molar-refractivity contribution in [1.82, 2.24) is 10.2 Å². The molecule has 1 unspecified atom stereocenters. The van der Waals surface area contributed by atoms with Crippen molar-refractivity contribution in [3.8, 4) is 0 Å². The van der Waals surface area contributed by atoms with Crippen LogP contribution in [-0.4, -0.2) is 36.6 Å². The van der Waals surface area contributed by atoms with Crippen molar-refractivity contribution in [2.45, 2.75) is 38.6 Å². The van der Waals surface area contributed by atoms with Crippen molar-refractivity contribution >= 4 is 6.03 Å². The minimum Gasteiger partial charge on any atom is -0.336 e. The topological polar surface area (TPSA) is 58.4 Å². The van der Waals surface area contributed by atoms with Gasteiger partial charge in [-0.05, 0) is 25.7 Å². The van der Waals surface area contributed by atoms with Gasteiger partial charge < -0.3 is 16.0 Å². The number of rotatable bonds is 3. The van der Waals surface area contributed by atoms with E-state index in [1.807, 2.05) is 11.8 Å². The Kier molecular flexibility index (Phi) is 4.73. The van der Waals surface area contributed by atoms with E-state index in [0.29, 0.717) is 6.54 Å². The number of likely N-dealkylation sites (tertiary alicyclic amines) is 1. The lowest BCUT2D eigenvalue weighted by Gasteiger charge is -2.27. The summed E-state index contributed by atoms with van der Waals surface area (Å²) in [5, 5.41) is 2.87. The van der Waals surface area contributed by atoms with Gasteiger partial charge in [0.25, 0.3) is 0 Å². The highest BCUT2D eigenvalue weighted by Crippen LogP contribution is 2.08. The van der Waals surface area contributed by atoms with Gasteiger partial charge in [-0.3, -0.25) is 0 Å². The number of nitrogens with one attached hydrogen (secondary N) is 1. The first kappa shape index (κ1) is 11.3. The standard InChI is InChI=1S/C10H21N3O/c1-2-9(11)8-12-10(14)13-6-4-3-5-7-13/h9H,2-8,11H2,1H3,(H,12,14). The number of piperidine rings is 1. The molecule has 3 N–H and O–H groups in total. The highest BCUT2D eigenvalue weighted by atomic mass is 16.2. The van der Waals surface area contributed by atoms with Crippen molar-refractivity contribution < 1.29 is 4.79 Å². The van der Waals surface area contributed by atoms with Gasteiger partial charge in [0.2, 0.25) is 0 Å². The van der Waals surface area contributed by atoms with E-state index in [-0.39, 0.29) is 12.1 Å². The number of hydrogen-bond acceptors (Lipinski definition) is 2. The first-order valence-corrected chi connectivity index (χ1v) is 5.52. The average Bonchev–Trinajstić information content (AvgIpc) is 2.26. The second-order valence-corrected chi connectivity index (χ2v) is 3.90. The lowest BCUT2D eigenvalue weighted by atomic mass is 10.1. The summed E-state index contributed by atoms with van der Waals surface area (Å²) in [6, 6.07) is 0.136. The van der Waals surface area contributed by atoms with E-state index >= 15 is 0 Å². The third kappa shape index (κ3) is 3.54. The zero-order valence-electron chi connectivity index (χ0n) is 8.96. The van der Waals surface area contributed by atoms with Crippen LogP contribution in [0.4, 0.5) is 4.79 Å². The molecule has 1 aliphatic rings. The molecule has 1 fully saturated rings. The first-order valence-electron chi connectivity index (χ1n) is 5.52. The Morgan fingerprint density at radius 3 is 2.64 bits per heavy atom. The lowest BCUT2D eigenvalue weighted by Crippen LogP contribution is -2.46. The van der Waals surface area contributed by atoms with E-state index < -0.39 is 0 Å². The van der Waals surface area contributed by atoms with Crippen LogP contribution in [-0.2, 0) is 0 Å². The molecule has 0 aromatic heterocycles. The zero-order valence-corrected chi connectivity index (χ0v) is 8.96. The molecule has 0 spiro atoms. The molecule has 0 bridgehead atoms. The van der Waals surface area contributed by atoms with Gasteiger partial charge in [0, 0.05) is 25.7 Å². The molecule has 1 atom stereocenters. The largest absolute Gasteiger partial charge is 0.336 e. The number of carbonyl (C=O) groups is 1. The second-order valence-electron chi connectivity index (χ2n) is 3.90. The normalized spacial score (nSPS) is 19.1. The van der Waals surface area contributed by atoms with Gasteiger partial charge in [0.15, 0.2) is 0 Å². The highest BCUT2D eigenvalue weighted by Gasteiger charge is 2.15. The summed E-state index contributed by atoms with van der Waals surface area (Å²) in [4.78, 5) is 13.5. The van der Waals surface area contributed by atoms with Crippen molar-refractivity contribution in [3.63, 3.8) is 0 Å². The van der Waals surface area contributed by atoms with E-state index in [9.17, 15) is 4.79 Å². The Balaban J connectivity index is 2.19. The third-order valence-corrected chi connectivity index (χ3v) is 2.68. The predicted octanol–water partition coefficient (Wildman–Crippen LogP) is 0.919. The monoisotopic (exact) mass is 199 g/mol. The van der Waals surface area contributed by atoms with Crippen LogP contribution in [0.3, 0.4) is 0 Å². The minimum atomic E-state index is 0.0496. The van der Waals surface area contributed by atoms with E-state index in [1.54, 1.807) is 0 Å². The smallest absolute Gasteiger partial charge is 0.317 e. The molecule has 2 amide bonds. The van der Waals surface area contributed by atoms with E-state index in [4.69, 9.17) is 5.73 Å². The summed E-state index contributed by atoms with van der Waals surface area (Å²) in [5.41, 5.74) is 5.72. The molecule has 1 saturated heterocycles. The second kappa shape index (κ2) is 5.86. The molecule has 1 aliphatic heterocycles. The van der Waals surface area contributed by atoms with Crippen molar-refractivity contribution in [2.75, 3.05) is 19.6 Å². The van der Waals surface area contributed by atoms with Gasteiger partial charge >= 0.3 is 6.03 Å². The van der Waals surface area contributed by atoms with Crippen LogP contribution in [0.15, 0.2) is 0 Å². The van der Waals surface area contributed by atoms with E-state index in [0.717, 1.165) is 32.4 Å². The molecule has 82 valence electrons. The molecule has 4 nitrogen and oxygen atoms in total. The van der Waals surface area contributed by atoms with Gasteiger partial charge in [-0.15, -0.1) is 0 Å². The van der Waals surface area contributed by atoms with Gasteiger partial charge in [0.05, 0.1) is 0 Å². The molecular weight excluding hydrogens is 178 g/mol. The highest BCUT2D eigenvalue weighted by molar-refractivity contribution is 5.74. The number of nitrogens with two attached hydrogens (primary N) is 1. The van der Waals surface area contributed by atoms with E-state index in [1.165, 1.54) is 6.42 Å². The van der Waals surface area contributed by atoms with Gasteiger partial charge in [-0.2, -0.15) is 0 Å². The SMILES string of the molecule is CCC(N)CNC(=O)N1CCCCC1. The Labute approximate surface area is 85.8 Å². The van der Waals surface area contributed by atoms with Crippen molar-refractivity contribution in [3.05, 3.63) is 0 Å². The minimum absolute atomic E-state index is 0.0496. The third-order valence-electron chi connectivity index (χ3n) is 2.68. The quantitative estimate of drug-likeness (QED) is 0.710. The fourth-order valence-electron chi connectivity index (χ4n) is 1.57. The number of hydrogen-bond donors (Lipinski definition) is 2. The fourth-order valence-corrected chi connectivity index (χ4v) is 1.57. The van der Waals surface area contributed by atoms with Crippen molar-refractivity contribution in [2.24, 2.45) is 5.73 Å². The first-order chi connectivity index (χ1) is 6.74. The zero-order chi connectivity index (χ0) is 10.4. The predicted molar refractivity (Wildman–Crippen MR) is 57.1 cm³/mol. The molecule has 1 rings (SSSR count). The molecule has 4 heteroatoms. The number of urea groups is 1. The van der Waals surface area contributed by atoms with Crippen LogP contribution in [0.1, 0.15) is 32.6 Å². The Morgan fingerprint density at radius 2 is 2.07 bits per heavy atom. The number of nitrogens with zero attached hydrogens (tertiary/aromatic N) is 1. The number of amides is 2. The van der Waals surface area contributed by atoms with Gasteiger partial charge in [0.1, 0.15) is 0 Å². The maximum Gasteiger partial charge on any atom is 0.317 e. The molecule has 0 aromatic rings. The maximum atomic E-state index is 11.6. The summed E-state index contributed by atoms with van der Waals surface area (Å²) in [5.74, 6) is 0. The van der Waals surface area contributed by atoms with E-state index in [2.05, 4.69) is 5.32 Å². The van der Waals surface area contributed by atoms with Gasteiger partial charge in [-0.25, -0.2) is 4.79 Å². The van der Waals surface area contributed by atoms with Crippen LogP contribution in [0, 0.1) is 0 Å². The molecule has 0 aliphatic carbocycles. The van der Waals surface area contributed by atoms with Crippen LogP contribution >= 0.6 is 0 Å². The Bertz CT molecular complexity index is 178. The summed E-state index contributed by atoms with van der Waals surface area (Å²) in [7, 11) is 0. The number of carbonyl (C=O) groups excluding carboxylic acids is 1. The fraction of sp³-hybridized carbons (Fsp3) is 0.900. The maximum absolute atomic E-state index is 11.6. The molecule has 0 aromatic carbocycles. The van der Waals surface area contributed by atoms with Gasteiger partial charge in [-0.1, -0.05) is 6.92 Å². The molecular formula is C10H21N3O. The van der Waals surface area contributed by atoms with Crippen LogP contribution in [0.25, 0.3) is 0 Å². The lowest BCUT2D eigenvalue weighted by molar-refractivity contribution is 0.186. The van der Waals surface area contributed by atoms with Crippen LogP contribution in [0.5, 0.6) is 0 Å². The van der Waals surface area contributed by atoms with Crippen molar-refractivity contribution in [1.29, 1.82) is 0 Å². The van der Waals surface area contributed by atoms with Crippen LogP contribution in [0.2, 0.25) is 0 Å². The summed E-state index contributed by atoms with van der Waals surface area (Å²) < 4.78 is 0. The Hall–Kier alpha value is -0.770. The Morgan fingerprint density at radius 1 is 1.43 bits per heavy atom. The molecule has 1 heterocycles. The summed E-state index contributed by atoms with van der Waals surface area (Å²) in [6.45, 7) is 4.41. The molecule has 0 radical (unpaired) electrons.